The van der Waals surface area contributed by atoms with Crippen molar-refractivity contribution in [2.24, 2.45) is 0 Å². The van der Waals surface area contributed by atoms with Crippen LogP contribution in [0.15, 0.2) is 53.0 Å². The first-order chi connectivity index (χ1) is 11.1. The van der Waals surface area contributed by atoms with Crippen molar-refractivity contribution >= 4 is 22.0 Å². The lowest BCUT2D eigenvalue weighted by Crippen LogP contribution is -2.24. The molecule has 0 aliphatic carbocycles. The quantitative estimate of drug-likeness (QED) is 0.632. The Bertz CT molecular complexity index is 720. The van der Waals surface area contributed by atoms with E-state index in [0.717, 1.165) is 10.0 Å². The summed E-state index contributed by atoms with van der Waals surface area (Å²) < 4.78 is 5.88. The minimum Gasteiger partial charge on any atom is -0.507 e. The summed E-state index contributed by atoms with van der Waals surface area (Å²) in [5.41, 5.74) is 1.49. The molecule has 5 heteroatoms. The van der Waals surface area contributed by atoms with Gasteiger partial charge in [0.15, 0.2) is 0 Å². The first-order valence-corrected chi connectivity index (χ1v) is 7.86. The summed E-state index contributed by atoms with van der Waals surface area (Å²) in [6.45, 7) is 0.628. The monoisotopic (exact) mass is 373 g/mol. The molecule has 0 bridgehead atoms. The number of nitrogens with one attached hydrogen (secondary N) is 1. The van der Waals surface area contributed by atoms with Crippen molar-refractivity contribution in [1.82, 2.24) is 5.32 Å². The van der Waals surface area contributed by atoms with Crippen LogP contribution in [0.25, 0.3) is 0 Å². The van der Waals surface area contributed by atoms with Gasteiger partial charge < -0.3 is 15.2 Å². The summed E-state index contributed by atoms with van der Waals surface area (Å²) in [5.74, 6) is 5.88. The maximum atomic E-state index is 11.5. The van der Waals surface area contributed by atoms with Crippen molar-refractivity contribution in [2.75, 3.05) is 6.54 Å². The second-order valence-corrected chi connectivity index (χ2v) is 5.62. The van der Waals surface area contributed by atoms with Crippen LogP contribution >= 0.6 is 15.9 Å². The smallest absolute Gasteiger partial charge is 0.407 e. The van der Waals surface area contributed by atoms with E-state index >= 15 is 0 Å². The third-order valence-electron chi connectivity index (χ3n) is 2.91. The van der Waals surface area contributed by atoms with Crippen LogP contribution in [0.1, 0.15) is 17.5 Å². The zero-order chi connectivity index (χ0) is 16.5. The van der Waals surface area contributed by atoms with Gasteiger partial charge in [-0.3, -0.25) is 0 Å². The summed E-state index contributed by atoms with van der Waals surface area (Å²) >= 11 is 3.27. The Morgan fingerprint density at radius 1 is 1.22 bits per heavy atom. The molecule has 0 aliphatic rings. The fraction of sp³-hybridized carbons (Fsp3) is 0.167. The number of hydrogen-bond acceptors (Lipinski definition) is 3. The molecule has 23 heavy (non-hydrogen) atoms. The van der Waals surface area contributed by atoms with E-state index in [-0.39, 0.29) is 12.4 Å². The molecule has 0 unspecified atom stereocenters. The third-order valence-corrected chi connectivity index (χ3v) is 3.41. The molecule has 2 rings (SSSR count). The van der Waals surface area contributed by atoms with Gasteiger partial charge in [-0.05, 0) is 23.8 Å². The molecule has 2 aromatic carbocycles. The molecule has 0 atom stereocenters. The number of amides is 1. The number of alkyl carbamates (subject to hydrolysis) is 1. The molecule has 0 saturated heterocycles. The number of carbonyl (C=O) groups is 1. The molecular formula is C18H16BrNO3. The predicted molar refractivity (Wildman–Crippen MR) is 91.9 cm³/mol. The summed E-state index contributed by atoms with van der Waals surface area (Å²) in [5, 5.41) is 12.3. The summed E-state index contributed by atoms with van der Waals surface area (Å²) in [6.07, 6.45) is -0.00204. The van der Waals surface area contributed by atoms with Crippen LogP contribution in [0, 0.1) is 11.8 Å². The number of aromatic hydroxyl groups is 1. The first kappa shape index (κ1) is 16.9. The van der Waals surface area contributed by atoms with E-state index in [1.165, 1.54) is 0 Å². The van der Waals surface area contributed by atoms with Gasteiger partial charge in [-0.1, -0.05) is 58.1 Å². The highest BCUT2D eigenvalue weighted by Crippen LogP contribution is 2.21. The zero-order valence-corrected chi connectivity index (χ0v) is 14.0. The van der Waals surface area contributed by atoms with Gasteiger partial charge in [0.2, 0.25) is 0 Å². The summed E-state index contributed by atoms with van der Waals surface area (Å²) in [4.78, 5) is 11.5. The predicted octanol–water partition coefficient (Wildman–Crippen LogP) is 3.82. The van der Waals surface area contributed by atoms with Gasteiger partial charge in [-0.2, -0.15) is 0 Å². The molecule has 2 aromatic rings. The lowest BCUT2D eigenvalue weighted by Gasteiger charge is -2.05. The van der Waals surface area contributed by atoms with Gasteiger partial charge in [0.1, 0.15) is 12.4 Å². The lowest BCUT2D eigenvalue weighted by atomic mass is 10.2. The van der Waals surface area contributed by atoms with E-state index in [0.29, 0.717) is 18.5 Å². The number of rotatable bonds is 4. The Labute approximate surface area is 143 Å². The van der Waals surface area contributed by atoms with E-state index in [4.69, 9.17) is 4.74 Å². The molecular weight excluding hydrogens is 358 g/mol. The van der Waals surface area contributed by atoms with Crippen LogP contribution in [-0.2, 0) is 11.3 Å². The topological polar surface area (TPSA) is 58.6 Å². The summed E-state index contributed by atoms with van der Waals surface area (Å²) in [7, 11) is 0. The van der Waals surface area contributed by atoms with Crippen LogP contribution in [0.2, 0.25) is 0 Å². The molecule has 0 saturated carbocycles. The van der Waals surface area contributed by atoms with Crippen LogP contribution in [-0.4, -0.2) is 17.7 Å². The molecule has 0 fully saturated rings. The Balaban J connectivity index is 1.69. The average Bonchev–Trinajstić information content (AvgIpc) is 2.55. The zero-order valence-electron chi connectivity index (χ0n) is 12.4. The number of halogens is 1. The molecule has 118 valence electrons. The highest BCUT2D eigenvalue weighted by Gasteiger charge is 2.01. The van der Waals surface area contributed by atoms with Crippen LogP contribution in [0.4, 0.5) is 4.79 Å². The van der Waals surface area contributed by atoms with Crippen molar-refractivity contribution in [3.05, 3.63) is 64.1 Å². The first-order valence-electron chi connectivity index (χ1n) is 7.07. The Hall–Kier alpha value is -2.45. The highest BCUT2D eigenvalue weighted by molar-refractivity contribution is 9.10. The van der Waals surface area contributed by atoms with E-state index in [1.54, 1.807) is 12.1 Å². The van der Waals surface area contributed by atoms with Gasteiger partial charge in [-0.25, -0.2) is 4.79 Å². The molecule has 0 spiro atoms. The summed E-state index contributed by atoms with van der Waals surface area (Å²) in [6, 6.07) is 14.6. The fourth-order valence-electron chi connectivity index (χ4n) is 1.77. The Morgan fingerprint density at radius 3 is 2.74 bits per heavy atom. The second kappa shape index (κ2) is 8.86. The van der Waals surface area contributed by atoms with Gasteiger partial charge in [-0.15, -0.1) is 0 Å². The number of phenols is 1. The van der Waals surface area contributed by atoms with Gasteiger partial charge in [0, 0.05) is 17.4 Å². The molecule has 0 heterocycles. The van der Waals surface area contributed by atoms with Crippen molar-refractivity contribution in [1.29, 1.82) is 0 Å². The van der Waals surface area contributed by atoms with E-state index in [2.05, 4.69) is 33.1 Å². The molecule has 1 amide bonds. The number of phenolic OH excluding ortho intramolecular Hbond substituents is 1. The minimum absolute atomic E-state index is 0.127. The average molecular weight is 374 g/mol. The number of hydrogen-bond donors (Lipinski definition) is 2. The van der Waals surface area contributed by atoms with Gasteiger partial charge in [0.05, 0.1) is 5.56 Å². The van der Waals surface area contributed by atoms with Crippen molar-refractivity contribution in [2.45, 2.75) is 13.0 Å². The molecule has 2 N–H and O–H groups in total. The van der Waals surface area contributed by atoms with E-state index in [1.807, 2.05) is 36.4 Å². The molecule has 0 aliphatic heterocycles. The van der Waals surface area contributed by atoms with Crippen molar-refractivity contribution in [3.63, 3.8) is 0 Å². The second-order valence-electron chi connectivity index (χ2n) is 4.70. The maximum Gasteiger partial charge on any atom is 0.407 e. The number of carbonyl (C=O) groups excluding carboxylic acids is 1. The number of benzene rings is 2. The lowest BCUT2D eigenvalue weighted by molar-refractivity contribution is 0.140. The largest absolute Gasteiger partial charge is 0.507 e. The van der Waals surface area contributed by atoms with Crippen LogP contribution in [0.3, 0.4) is 0 Å². The molecule has 0 radical (unpaired) electrons. The Kier molecular flexibility index (Phi) is 6.52. The molecule has 0 aromatic heterocycles. The van der Waals surface area contributed by atoms with E-state index in [9.17, 15) is 9.90 Å². The fourth-order valence-corrected chi connectivity index (χ4v) is 2.12. The van der Waals surface area contributed by atoms with Crippen LogP contribution in [0.5, 0.6) is 5.75 Å². The highest BCUT2D eigenvalue weighted by atomic mass is 79.9. The minimum atomic E-state index is -0.470. The van der Waals surface area contributed by atoms with Crippen LogP contribution < -0.4 is 5.32 Å². The maximum absolute atomic E-state index is 11.5. The SMILES string of the molecule is O=C(NCCC#Cc1ccc(Br)cc1O)OCc1ccccc1. The Morgan fingerprint density at radius 2 is 2.00 bits per heavy atom. The van der Waals surface area contributed by atoms with E-state index < -0.39 is 6.09 Å². The molecule has 4 nitrogen and oxygen atoms in total. The van der Waals surface area contributed by atoms with Gasteiger partial charge >= 0.3 is 6.09 Å². The number of ether oxygens (including phenoxy) is 1. The third kappa shape index (κ3) is 6.05. The van der Waals surface area contributed by atoms with Crippen molar-refractivity contribution < 1.29 is 14.6 Å². The standard InChI is InChI=1S/C18H16BrNO3/c19-16-10-9-15(17(21)12-16)8-4-5-11-20-18(22)23-13-14-6-2-1-3-7-14/h1-3,6-7,9-10,12,21H,5,11,13H2,(H,20,22). The normalized spacial score (nSPS) is 9.61. The van der Waals surface area contributed by atoms with Crippen molar-refractivity contribution in [3.8, 4) is 17.6 Å². The van der Waals surface area contributed by atoms with Gasteiger partial charge in [0.25, 0.3) is 0 Å².